The van der Waals surface area contributed by atoms with Gasteiger partial charge in [-0.25, -0.2) is 5.43 Å². The first-order valence-corrected chi connectivity index (χ1v) is 8.05. The predicted molar refractivity (Wildman–Crippen MR) is 92.7 cm³/mol. The highest BCUT2D eigenvalue weighted by Crippen LogP contribution is 2.36. The fraction of sp³-hybridized carbons (Fsp3) is 0.118. The number of aromatic nitrogens is 2. The fourth-order valence-electron chi connectivity index (χ4n) is 2.39. The van der Waals surface area contributed by atoms with Crippen LogP contribution in [0, 0.1) is 0 Å². The summed E-state index contributed by atoms with van der Waals surface area (Å²) in [6.45, 7) is 0.596. The molecule has 0 saturated carbocycles. The van der Waals surface area contributed by atoms with Gasteiger partial charge in [-0.05, 0) is 24.3 Å². The number of carbonyl (C=O) groups is 1. The van der Waals surface area contributed by atoms with E-state index >= 15 is 0 Å². The smallest absolute Gasteiger partial charge is 0.307 e. The third-order valence-corrected chi connectivity index (χ3v) is 3.95. The van der Waals surface area contributed by atoms with Gasteiger partial charge in [0.15, 0.2) is 17.3 Å². The van der Waals surface area contributed by atoms with Crippen molar-refractivity contribution in [2.24, 2.45) is 5.10 Å². The van der Waals surface area contributed by atoms with E-state index in [1.807, 2.05) is 12.3 Å². The van der Waals surface area contributed by atoms with Crippen molar-refractivity contribution in [1.29, 1.82) is 0 Å². The second kappa shape index (κ2) is 6.93. The molecule has 3 heterocycles. The summed E-state index contributed by atoms with van der Waals surface area (Å²) in [5.74, 6) is 1.46. The Morgan fingerprint density at radius 3 is 3.00 bits per heavy atom. The monoisotopic (exact) mass is 372 g/mol. The number of fused-ring (bicyclic) bond motifs is 1. The first-order chi connectivity index (χ1) is 12.7. The van der Waals surface area contributed by atoms with E-state index in [0.717, 1.165) is 0 Å². The summed E-state index contributed by atoms with van der Waals surface area (Å²) in [4.78, 5) is 12.1. The number of nitrogens with zero attached hydrogens (tertiary/aromatic N) is 3. The molecule has 8 nitrogen and oxygen atoms in total. The molecule has 0 saturated heterocycles. The summed E-state index contributed by atoms with van der Waals surface area (Å²) in [5.41, 5.74) is 2.99. The number of nitrogens with one attached hydrogen (secondary N) is 1. The number of rotatable bonds is 5. The Balaban J connectivity index is 1.39. The molecular weight excluding hydrogens is 360 g/mol. The van der Waals surface area contributed by atoms with Gasteiger partial charge in [-0.1, -0.05) is 11.6 Å². The lowest BCUT2D eigenvalue weighted by Crippen LogP contribution is -2.16. The number of hydrogen-bond donors (Lipinski definition) is 1. The molecule has 0 radical (unpaired) electrons. The van der Waals surface area contributed by atoms with E-state index in [2.05, 4.69) is 15.6 Å². The maximum absolute atomic E-state index is 12.1. The van der Waals surface area contributed by atoms with E-state index in [1.165, 1.54) is 6.21 Å². The zero-order valence-corrected chi connectivity index (χ0v) is 14.1. The first kappa shape index (κ1) is 16.2. The lowest BCUT2D eigenvalue weighted by atomic mass is 10.2. The van der Waals surface area contributed by atoms with Gasteiger partial charge < -0.3 is 13.9 Å². The van der Waals surface area contributed by atoms with Crippen LogP contribution in [-0.4, -0.2) is 28.7 Å². The van der Waals surface area contributed by atoms with E-state index < -0.39 is 5.91 Å². The largest absolute Gasteiger partial charge is 0.454 e. The summed E-state index contributed by atoms with van der Waals surface area (Å²) >= 11 is 6.14. The molecule has 0 unspecified atom stereocenters. The van der Waals surface area contributed by atoms with Crippen molar-refractivity contribution < 1.29 is 18.7 Å². The normalized spacial score (nSPS) is 12.7. The van der Waals surface area contributed by atoms with Crippen molar-refractivity contribution >= 4 is 23.7 Å². The van der Waals surface area contributed by atoms with E-state index in [0.29, 0.717) is 34.4 Å². The van der Waals surface area contributed by atoms with Gasteiger partial charge in [0, 0.05) is 24.0 Å². The molecule has 0 spiro atoms. The number of amides is 1. The molecule has 1 aromatic carbocycles. The van der Waals surface area contributed by atoms with Crippen LogP contribution in [0.2, 0.25) is 5.02 Å². The molecule has 132 valence electrons. The van der Waals surface area contributed by atoms with Crippen LogP contribution in [-0.2, 0) is 6.54 Å². The third-order valence-electron chi connectivity index (χ3n) is 3.62. The second-order valence-corrected chi connectivity index (χ2v) is 5.80. The predicted octanol–water partition coefficient (Wildman–Crippen LogP) is 2.67. The molecule has 0 atom stereocenters. The van der Waals surface area contributed by atoms with Gasteiger partial charge >= 0.3 is 5.91 Å². The Kier molecular flexibility index (Phi) is 4.32. The van der Waals surface area contributed by atoms with Crippen LogP contribution in [0.5, 0.6) is 11.5 Å². The number of ether oxygens (including phenoxy) is 2. The Morgan fingerprint density at radius 1 is 1.35 bits per heavy atom. The Labute approximate surface area is 153 Å². The lowest BCUT2D eigenvalue weighted by Gasteiger charge is -2.01. The number of hydrogen-bond acceptors (Lipinski definition) is 6. The lowest BCUT2D eigenvalue weighted by molar-refractivity contribution is 0.0925. The van der Waals surface area contributed by atoms with Crippen molar-refractivity contribution in [3.05, 3.63) is 64.8 Å². The topological polar surface area (TPSA) is 90.9 Å². The van der Waals surface area contributed by atoms with Crippen LogP contribution in [0.25, 0.3) is 0 Å². The molecule has 0 aliphatic carbocycles. The maximum Gasteiger partial charge on any atom is 0.307 e. The zero-order chi connectivity index (χ0) is 17.9. The zero-order valence-electron chi connectivity index (χ0n) is 13.4. The van der Waals surface area contributed by atoms with E-state index in [4.69, 9.17) is 25.5 Å². The molecule has 9 heteroatoms. The molecule has 3 aromatic rings. The number of benzene rings is 1. The van der Waals surface area contributed by atoms with Gasteiger partial charge in [-0.3, -0.25) is 9.48 Å². The number of furan rings is 1. The fourth-order valence-corrected chi connectivity index (χ4v) is 2.59. The van der Waals surface area contributed by atoms with Crippen LogP contribution in [0.3, 0.4) is 0 Å². The summed E-state index contributed by atoms with van der Waals surface area (Å²) in [6, 6.07) is 8.44. The number of halogens is 1. The highest BCUT2D eigenvalue weighted by molar-refractivity contribution is 6.33. The van der Waals surface area contributed by atoms with Crippen molar-refractivity contribution in [2.75, 3.05) is 6.79 Å². The number of carbonyl (C=O) groups excluding carboxylic acids is 1. The van der Waals surface area contributed by atoms with Gasteiger partial charge in [0.1, 0.15) is 5.76 Å². The first-order valence-electron chi connectivity index (χ1n) is 7.68. The third kappa shape index (κ3) is 3.40. The van der Waals surface area contributed by atoms with Gasteiger partial charge in [-0.2, -0.15) is 10.2 Å². The minimum Gasteiger partial charge on any atom is -0.454 e. The quantitative estimate of drug-likeness (QED) is 0.549. The van der Waals surface area contributed by atoms with Gasteiger partial charge in [-0.15, -0.1) is 0 Å². The second-order valence-electron chi connectivity index (χ2n) is 5.40. The van der Waals surface area contributed by atoms with Crippen LogP contribution in [0.4, 0.5) is 0 Å². The summed E-state index contributed by atoms with van der Waals surface area (Å²) in [6.07, 6.45) is 4.91. The summed E-state index contributed by atoms with van der Waals surface area (Å²) in [7, 11) is 0. The van der Waals surface area contributed by atoms with Gasteiger partial charge in [0.05, 0.1) is 17.8 Å². The van der Waals surface area contributed by atoms with E-state index in [9.17, 15) is 4.79 Å². The van der Waals surface area contributed by atoms with Crippen LogP contribution in [0.15, 0.2) is 52.2 Å². The average Bonchev–Trinajstić information content (AvgIpc) is 3.37. The van der Waals surface area contributed by atoms with Crippen molar-refractivity contribution in [3.63, 3.8) is 0 Å². The molecule has 1 aliphatic rings. The average molecular weight is 373 g/mol. The molecule has 0 fully saturated rings. The molecular formula is C17H13ClN4O4. The SMILES string of the molecule is O=C(N/N=C\c1cc2c(cc1Cl)OCO2)c1ccc(Cn2cccn2)o1. The maximum atomic E-state index is 12.1. The van der Waals surface area contributed by atoms with Crippen molar-refractivity contribution in [1.82, 2.24) is 15.2 Å². The van der Waals surface area contributed by atoms with Gasteiger partial charge in [0.2, 0.25) is 6.79 Å². The van der Waals surface area contributed by atoms with E-state index in [-0.39, 0.29) is 12.6 Å². The molecule has 2 aromatic heterocycles. The summed E-state index contributed by atoms with van der Waals surface area (Å²) < 4.78 is 17.7. The molecule has 1 N–H and O–H groups in total. The van der Waals surface area contributed by atoms with Crippen LogP contribution in [0.1, 0.15) is 21.9 Å². The standard InChI is InChI=1S/C17H13ClN4O4/c18-13-7-16-15(24-10-25-16)6-11(13)8-19-21-17(23)14-3-2-12(26-14)9-22-5-1-4-20-22/h1-8H,9-10H2,(H,21,23)/b19-8-. The Morgan fingerprint density at radius 2 is 2.19 bits per heavy atom. The summed E-state index contributed by atoms with van der Waals surface area (Å²) in [5, 5.41) is 8.43. The number of hydrazone groups is 1. The van der Waals surface area contributed by atoms with Crippen LogP contribution >= 0.6 is 11.6 Å². The highest BCUT2D eigenvalue weighted by atomic mass is 35.5. The van der Waals surface area contributed by atoms with Crippen LogP contribution < -0.4 is 14.9 Å². The van der Waals surface area contributed by atoms with Crippen molar-refractivity contribution in [3.8, 4) is 11.5 Å². The van der Waals surface area contributed by atoms with Crippen molar-refractivity contribution in [2.45, 2.75) is 6.54 Å². The highest BCUT2D eigenvalue weighted by Gasteiger charge is 2.16. The van der Waals surface area contributed by atoms with Gasteiger partial charge in [0.25, 0.3) is 0 Å². The molecule has 1 aliphatic heterocycles. The molecule has 26 heavy (non-hydrogen) atoms. The Bertz CT molecular complexity index is 965. The molecule has 1 amide bonds. The minimum atomic E-state index is -0.468. The minimum absolute atomic E-state index is 0.154. The Hall–Kier alpha value is -3.26. The van der Waals surface area contributed by atoms with E-state index in [1.54, 1.807) is 35.1 Å². The molecule has 0 bridgehead atoms. The molecule has 4 rings (SSSR count).